The first-order valence-electron chi connectivity index (χ1n) is 9.03. The second-order valence-corrected chi connectivity index (χ2v) is 8.35. The summed E-state index contributed by atoms with van der Waals surface area (Å²) < 4.78 is 5.72. The van der Waals surface area contributed by atoms with Crippen LogP contribution in [0.15, 0.2) is 17.5 Å². The minimum absolute atomic E-state index is 0.00166. The number of hydrogen-bond acceptors (Lipinski definition) is 4. The van der Waals surface area contributed by atoms with Crippen molar-refractivity contribution in [3.63, 3.8) is 0 Å². The molecule has 2 heterocycles. The maximum Gasteiger partial charge on any atom is 0.355 e. The number of nitrogens with one attached hydrogen (secondary N) is 1. The number of carbonyl (C=O) groups is 2. The zero-order valence-corrected chi connectivity index (χ0v) is 15.4. The molecule has 2 aromatic heterocycles. The molecule has 4 nitrogen and oxygen atoms in total. The van der Waals surface area contributed by atoms with E-state index in [1.807, 2.05) is 18.4 Å². The van der Waals surface area contributed by atoms with Gasteiger partial charge in [0, 0.05) is 28.5 Å². The van der Waals surface area contributed by atoms with E-state index in [9.17, 15) is 9.59 Å². The first-order chi connectivity index (χ1) is 12.0. The number of esters is 1. The van der Waals surface area contributed by atoms with E-state index in [2.05, 4.69) is 18.0 Å². The molecule has 2 aromatic rings. The number of aromatic nitrogens is 1. The minimum Gasteiger partial charge on any atom is -0.457 e. The predicted octanol–water partition coefficient (Wildman–Crippen LogP) is 4.64. The van der Waals surface area contributed by atoms with Gasteiger partial charge in [-0.05, 0) is 55.5 Å². The molecule has 132 valence electrons. The summed E-state index contributed by atoms with van der Waals surface area (Å²) in [5.41, 5.74) is 2.81. The van der Waals surface area contributed by atoms with Crippen molar-refractivity contribution in [2.24, 2.45) is 5.92 Å². The molecule has 25 heavy (non-hydrogen) atoms. The van der Waals surface area contributed by atoms with Crippen LogP contribution in [0.4, 0.5) is 0 Å². The molecule has 0 aliphatic heterocycles. The number of H-pyrrole nitrogens is 1. The third-order valence-electron chi connectivity index (χ3n) is 5.68. The number of thiophene rings is 1. The third-order valence-corrected chi connectivity index (χ3v) is 6.71. The Hall–Kier alpha value is -1.88. The molecule has 0 amide bonds. The summed E-state index contributed by atoms with van der Waals surface area (Å²) in [5, 5.41) is 2.04. The van der Waals surface area contributed by atoms with Gasteiger partial charge in [0.25, 0.3) is 0 Å². The summed E-state index contributed by atoms with van der Waals surface area (Å²) in [6, 6.07) is 4.10. The summed E-state index contributed by atoms with van der Waals surface area (Å²) in [7, 11) is 0. The van der Waals surface area contributed by atoms with Crippen LogP contribution in [0.2, 0.25) is 0 Å². The van der Waals surface area contributed by atoms with Gasteiger partial charge >= 0.3 is 5.97 Å². The predicted molar refractivity (Wildman–Crippen MR) is 97.5 cm³/mol. The first kappa shape index (κ1) is 16.6. The fourth-order valence-electron chi connectivity index (χ4n) is 4.25. The Labute approximate surface area is 151 Å². The van der Waals surface area contributed by atoms with Crippen LogP contribution in [-0.2, 0) is 11.2 Å². The van der Waals surface area contributed by atoms with Crippen molar-refractivity contribution in [1.29, 1.82) is 0 Å². The molecule has 1 fully saturated rings. The van der Waals surface area contributed by atoms with Crippen LogP contribution in [0, 0.1) is 12.8 Å². The number of carbonyl (C=O) groups excluding carboxylic acids is 2. The number of ether oxygens (including phenoxy) is 1. The highest BCUT2D eigenvalue weighted by atomic mass is 32.1. The van der Waals surface area contributed by atoms with Crippen molar-refractivity contribution in [2.75, 3.05) is 0 Å². The van der Waals surface area contributed by atoms with Crippen molar-refractivity contribution in [1.82, 2.24) is 4.98 Å². The highest BCUT2D eigenvalue weighted by Crippen LogP contribution is 2.37. The van der Waals surface area contributed by atoms with Gasteiger partial charge in [-0.15, -0.1) is 11.3 Å². The van der Waals surface area contributed by atoms with Gasteiger partial charge in [-0.1, -0.05) is 13.0 Å². The van der Waals surface area contributed by atoms with Crippen molar-refractivity contribution in [2.45, 2.75) is 58.0 Å². The van der Waals surface area contributed by atoms with Gasteiger partial charge in [0.15, 0.2) is 5.78 Å². The van der Waals surface area contributed by atoms with E-state index in [1.54, 1.807) is 11.3 Å². The maximum atomic E-state index is 12.7. The van der Waals surface area contributed by atoms with Gasteiger partial charge in [-0.2, -0.15) is 0 Å². The molecule has 0 unspecified atom stereocenters. The van der Waals surface area contributed by atoms with Crippen LogP contribution in [0.1, 0.15) is 75.5 Å². The van der Waals surface area contributed by atoms with Crippen LogP contribution >= 0.6 is 11.3 Å². The average molecular weight is 357 g/mol. The second kappa shape index (κ2) is 6.45. The molecule has 5 heteroatoms. The fraction of sp³-hybridized carbons (Fsp3) is 0.500. The number of fused-ring (bicyclic) bond motifs is 1. The molecule has 0 saturated heterocycles. The number of aromatic amines is 1. The first-order valence-corrected chi connectivity index (χ1v) is 9.91. The normalized spacial score (nSPS) is 25.8. The van der Waals surface area contributed by atoms with E-state index >= 15 is 0 Å². The van der Waals surface area contributed by atoms with Crippen molar-refractivity contribution < 1.29 is 14.3 Å². The van der Waals surface area contributed by atoms with Crippen molar-refractivity contribution in [3.05, 3.63) is 44.9 Å². The summed E-state index contributed by atoms with van der Waals surface area (Å²) >= 11 is 1.69. The largest absolute Gasteiger partial charge is 0.457 e. The molecule has 0 spiro atoms. The van der Waals surface area contributed by atoms with Crippen LogP contribution in [-0.4, -0.2) is 22.8 Å². The molecule has 4 rings (SSSR count). The van der Waals surface area contributed by atoms with E-state index in [0.29, 0.717) is 23.6 Å². The number of Topliss-reactive ketones (excluding diaryl/α,β-unsaturated/α-hetero) is 1. The fourth-order valence-corrected chi connectivity index (χ4v) is 5.08. The molecular formula is C20H23NO3S. The number of ketones is 1. The van der Waals surface area contributed by atoms with Gasteiger partial charge in [-0.25, -0.2) is 4.79 Å². The monoisotopic (exact) mass is 357 g/mol. The third kappa shape index (κ3) is 2.95. The highest BCUT2D eigenvalue weighted by molar-refractivity contribution is 7.10. The molecule has 2 aliphatic rings. The lowest BCUT2D eigenvalue weighted by molar-refractivity contribution is 0.0219. The quantitative estimate of drug-likeness (QED) is 0.814. The minimum atomic E-state index is -0.314. The van der Waals surface area contributed by atoms with Crippen LogP contribution in [0.5, 0.6) is 0 Å². The lowest BCUT2D eigenvalue weighted by Crippen LogP contribution is -2.21. The molecule has 3 atom stereocenters. The standard InChI is InChI=1S/C20H23NO3S/c1-11-5-3-6-16(11)24-20(23)19-12(2)18-14(21-19)9-13(10-15(18)22)17-7-4-8-25-17/h4,7-8,11,13,16,21H,3,5-6,9-10H2,1-2H3/t11-,13+,16-/m1/s1. The number of hydrogen-bond donors (Lipinski definition) is 1. The summed E-state index contributed by atoms with van der Waals surface area (Å²) in [4.78, 5) is 29.8. The summed E-state index contributed by atoms with van der Waals surface area (Å²) in [6.45, 7) is 3.99. The van der Waals surface area contributed by atoms with E-state index < -0.39 is 0 Å². The number of rotatable bonds is 3. The van der Waals surface area contributed by atoms with E-state index in [1.165, 1.54) is 4.88 Å². The van der Waals surface area contributed by atoms with Crippen LogP contribution in [0.25, 0.3) is 0 Å². The zero-order valence-electron chi connectivity index (χ0n) is 14.6. The van der Waals surface area contributed by atoms with Crippen LogP contribution in [0.3, 0.4) is 0 Å². The van der Waals surface area contributed by atoms with Crippen LogP contribution < -0.4 is 0 Å². The second-order valence-electron chi connectivity index (χ2n) is 7.37. The lowest BCUT2D eigenvalue weighted by Gasteiger charge is -2.20. The van der Waals surface area contributed by atoms with E-state index in [-0.39, 0.29) is 23.8 Å². The zero-order chi connectivity index (χ0) is 17.6. The Morgan fingerprint density at radius 1 is 1.32 bits per heavy atom. The van der Waals surface area contributed by atoms with Gasteiger partial charge in [0.05, 0.1) is 0 Å². The Balaban J connectivity index is 1.59. The Bertz CT molecular complexity index is 805. The molecule has 0 aromatic carbocycles. The SMILES string of the molecule is Cc1c(C(=O)O[C@@H]2CCC[C@H]2C)[nH]c2c1C(=O)C[C@@H](c1cccs1)C2. The van der Waals surface area contributed by atoms with Crippen molar-refractivity contribution >= 4 is 23.1 Å². The Kier molecular flexibility index (Phi) is 4.28. The van der Waals surface area contributed by atoms with Gasteiger partial charge in [0.1, 0.15) is 11.8 Å². The van der Waals surface area contributed by atoms with Crippen molar-refractivity contribution in [3.8, 4) is 0 Å². The smallest absolute Gasteiger partial charge is 0.355 e. The highest BCUT2D eigenvalue weighted by Gasteiger charge is 2.34. The molecule has 0 bridgehead atoms. The molecular weight excluding hydrogens is 334 g/mol. The molecule has 1 saturated carbocycles. The van der Waals surface area contributed by atoms with Gasteiger partial charge in [-0.3, -0.25) is 4.79 Å². The topological polar surface area (TPSA) is 59.2 Å². The molecule has 1 N–H and O–H groups in total. The summed E-state index contributed by atoms with van der Waals surface area (Å²) in [5.74, 6) is 0.434. The van der Waals surface area contributed by atoms with E-state index in [0.717, 1.165) is 36.9 Å². The summed E-state index contributed by atoms with van der Waals surface area (Å²) in [6.07, 6.45) is 4.45. The maximum absolute atomic E-state index is 12.7. The Morgan fingerprint density at radius 2 is 2.16 bits per heavy atom. The molecule has 0 radical (unpaired) electrons. The van der Waals surface area contributed by atoms with E-state index in [4.69, 9.17) is 4.74 Å². The molecule has 2 aliphatic carbocycles. The average Bonchev–Trinajstić information content (AvgIpc) is 3.29. The Morgan fingerprint density at radius 3 is 2.84 bits per heavy atom. The lowest BCUT2D eigenvalue weighted by atomic mass is 9.84. The van der Waals surface area contributed by atoms with Gasteiger partial charge < -0.3 is 9.72 Å². The van der Waals surface area contributed by atoms with Gasteiger partial charge in [0.2, 0.25) is 0 Å².